The SMILES string of the molecule is [N-]=[N+]=NCc1ncccc1F. The van der Waals surface area contributed by atoms with Crippen molar-refractivity contribution in [2.75, 3.05) is 0 Å². The summed E-state index contributed by atoms with van der Waals surface area (Å²) in [6, 6.07) is 2.75. The second kappa shape index (κ2) is 3.53. The van der Waals surface area contributed by atoms with Gasteiger partial charge in [-0.05, 0) is 17.7 Å². The minimum absolute atomic E-state index is 0.0385. The van der Waals surface area contributed by atoms with Crippen molar-refractivity contribution in [3.63, 3.8) is 0 Å². The van der Waals surface area contributed by atoms with E-state index in [1.807, 2.05) is 0 Å². The standard InChI is InChI=1S/C6H5FN4/c7-5-2-1-3-9-6(5)4-10-11-8/h1-3H,4H2. The molecule has 5 heteroatoms. The third kappa shape index (κ3) is 1.91. The van der Waals surface area contributed by atoms with Crippen LogP contribution >= 0.6 is 0 Å². The van der Waals surface area contributed by atoms with Crippen LogP contribution in [0.25, 0.3) is 10.4 Å². The molecule has 0 spiro atoms. The molecule has 11 heavy (non-hydrogen) atoms. The molecule has 0 aliphatic heterocycles. The average Bonchev–Trinajstić information content (AvgIpc) is 2.03. The first-order valence-corrected chi connectivity index (χ1v) is 2.95. The van der Waals surface area contributed by atoms with Gasteiger partial charge in [-0.3, -0.25) is 4.98 Å². The van der Waals surface area contributed by atoms with Gasteiger partial charge in [0.15, 0.2) is 0 Å². The van der Waals surface area contributed by atoms with E-state index in [2.05, 4.69) is 15.0 Å². The molecule has 0 saturated heterocycles. The van der Waals surface area contributed by atoms with Gasteiger partial charge in [0.25, 0.3) is 0 Å². The summed E-state index contributed by atoms with van der Waals surface area (Å²) in [5.41, 5.74) is 8.10. The predicted molar refractivity (Wildman–Crippen MR) is 37.0 cm³/mol. The summed E-state index contributed by atoms with van der Waals surface area (Å²) in [5.74, 6) is -0.445. The van der Waals surface area contributed by atoms with Crippen LogP contribution in [0, 0.1) is 5.82 Å². The van der Waals surface area contributed by atoms with Crippen LogP contribution in [0.3, 0.4) is 0 Å². The lowest BCUT2D eigenvalue weighted by atomic mass is 10.3. The van der Waals surface area contributed by atoms with Crippen molar-refractivity contribution in [1.29, 1.82) is 0 Å². The van der Waals surface area contributed by atoms with Gasteiger partial charge in [0, 0.05) is 11.1 Å². The van der Waals surface area contributed by atoms with E-state index in [-0.39, 0.29) is 12.2 Å². The van der Waals surface area contributed by atoms with Crippen LogP contribution in [0.5, 0.6) is 0 Å². The molecular formula is C6H5FN4. The van der Waals surface area contributed by atoms with Gasteiger partial charge in [-0.25, -0.2) is 4.39 Å². The summed E-state index contributed by atoms with van der Waals surface area (Å²) < 4.78 is 12.7. The molecule has 1 rings (SSSR count). The van der Waals surface area contributed by atoms with Crippen molar-refractivity contribution >= 4 is 0 Å². The normalized spacial score (nSPS) is 8.82. The van der Waals surface area contributed by atoms with Crippen molar-refractivity contribution in [2.24, 2.45) is 5.11 Å². The van der Waals surface area contributed by atoms with Crippen molar-refractivity contribution in [1.82, 2.24) is 4.98 Å². The summed E-state index contributed by atoms with van der Waals surface area (Å²) in [5, 5.41) is 3.18. The molecule has 1 aromatic rings. The molecule has 0 aliphatic carbocycles. The Morgan fingerprint density at radius 3 is 3.18 bits per heavy atom. The minimum atomic E-state index is -0.445. The second-order valence-corrected chi connectivity index (χ2v) is 1.82. The monoisotopic (exact) mass is 152 g/mol. The molecular weight excluding hydrogens is 147 g/mol. The lowest BCUT2D eigenvalue weighted by molar-refractivity contribution is 0.599. The summed E-state index contributed by atoms with van der Waals surface area (Å²) >= 11 is 0. The Morgan fingerprint density at radius 1 is 1.73 bits per heavy atom. The van der Waals surface area contributed by atoms with E-state index in [1.54, 1.807) is 0 Å². The fraction of sp³-hybridized carbons (Fsp3) is 0.167. The highest BCUT2D eigenvalue weighted by atomic mass is 19.1. The zero-order chi connectivity index (χ0) is 8.10. The first-order chi connectivity index (χ1) is 5.34. The summed E-state index contributed by atoms with van der Waals surface area (Å²) in [6.07, 6.45) is 1.45. The van der Waals surface area contributed by atoms with E-state index in [0.29, 0.717) is 0 Å². The number of nitrogens with zero attached hydrogens (tertiary/aromatic N) is 4. The zero-order valence-electron chi connectivity index (χ0n) is 5.61. The zero-order valence-corrected chi connectivity index (χ0v) is 5.61. The summed E-state index contributed by atoms with van der Waals surface area (Å²) in [7, 11) is 0. The van der Waals surface area contributed by atoms with E-state index in [4.69, 9.17) is 5.53 Å². The van der Waals surface area contributed by atoms with Crippen molar-refractivity contribution < 1.29 is 4.39 Å². The fourth-order valence-corrected chi connectivity index (χ4v) is 0.633. The van der Waals surface area contributed by atoms with Gasteiger partial charge in [0.1, 0.15) is 5.82 Å². The van der Waals surface area contributed by atoms with Crippen LogP contribution in [0.2, 0.25) is 0 Å². The van der Waals surface area contributed by atoms with Gasteiger partial charge in [-0.2, -0.15) is 0 Å². The Morgan fingerprint density at radius 2 is 2.55 bits per heavy atom. The molecule has 0 radical (unpaired) electrons. The molecule has 0 amide bonds. The number of pyridine rings is 1. The van der Waals surface area contributed by atoms with E-state index in [9.17, 15) is 4.39 Å². The molecule has 0 bridgehead atoms. The fourth-order valence-electron chi connectivity index (χ4n) is 0.633. The summed E-state index contributed by atoms with van der Waals surface area (Å²) in [6.45, 7) is -0.0385. The van der Waals surface area contributed by atoms with Crippen LogP contribution in [-0.2, 0) is 6.54 Å². The largest absolute Gasteiger partial charge is 0.258 e. The number of hydrogen-bond donors (Lipinski definition) is 0. The highest BCUT2D eigenvalue weighted by Crippen LogP contribution is 2.03. The van der Waals surface area contributed by atoms with Crippen molar-refractivity contribution in [3.05, 3.63) is 40.3 Å². The summed E-state index contributed by atoms with van der Waals surface area (Å²) in [4.78, 5) is 6.17. The van der Waals surface area contributed by atoms with Gasteiger partial charge in [0.05, 0.1) is 12.2 Å². The number of azide groups is 1. The maximum absolute atomic E-state index is 12.7. The van der Waals surface area contributed by atoms with E-state index in [0.717, 1.165) is 0 Å². The smallest absolute Gasteiger partial charge is 0.144 e. The molecule has 0 atom stereocenters. The third-order valence-electron chi connectivity index (χ3n) is 1.12. The van der Waals surface area contributed by atoms with Gasteiger partial charge in [-0.1, -0.05) is 5.11 Å². The molecule has 0 saturated carbocycles. The van der Waals surface area contributed by atoms with Crippen molar-refractivity contribution in [3.8, 4) is 0 Å². The van der Waals surface area contributed by atoms with Crippen molar-refractivity contribution in [2.45, 2.75) is 6.54 Å². The number of aromatic nitrogens is 1. The van der Waals surface area contributed by atoms with Gasteiger partial charge in [-0.15, -0.1) is 0 Å². The minimum Gasteiger partial charge on any atom is -0.258 e. The Bertz CT molecular complexity index is 292. The van der Waals surface area contributed by atoms with E-state index >= 15 is 0 Å². The first kappa shape index (κ1) is 7.50. The van der Waals surface area contributed by atoms with Crippen LogP contribution in [0.1, 0.15) is 5.69 Å². The number of halogens is 1. The molecule has 1 heterocycles. The Balaban J connectivity index is 2.85. The Hall–Kier alpha value is -1.61. The molecule has 0 aliphatic rings. The molecule has 4 nitrogen and oxygen atoms in total. The van der Waals surface area contributed by atoms with Crippen LogP contribution in [0.4, 0.5) is 4.39 Å². The van der Waals surface area contributed by atoms with Crippen LogP contribution in [0.15, 0.2) is 23.4 Å². The average molecular weight is 152 g/mol. The maximum atomic E-state index is 12.7. The lowest BCUT2D eigenvalue weighted by Gasteiger charge is -1.93. The Labute approximate surface area is 62.3 Å². The maximum Gasteiger partial charge on any atom is 0.144 e. The topological polar surface area (TPSA) is 61.7 Å². The van der Waals surface area contributed by atoms with E-state index in [1.165, 1.54) is 18.3 Å². The lowest BCUT2D eigenvalue weighted by Crippen LogP contribution is -1.90. The highest BCUT2D eigenvalue weighted by molar-refractivity contribution is 5.06. The molecule has 56 valence electrons. The van der Waals surface area contributed by atoms with Gasteiger partial charge < -0.3 is 0 Å². The highest BCUT2D eigenvalue weighted by Gasteiger charge is 1.98. The predicted octanol–water partition coefficient (Wildman–Crippen LogP) is 2.03. The molecule has 0 unspecified atom stereocenters. The first-order valence-electron chi connectivity index (χ1n) is 2.95. The van der Waals surface area contributed by atoms with Gasteiger partial charge >= 0.3 is 0 Å². The third-order valence-corrected chi connectivity index (χ3v) is 1.12. The number of rotatable bonds is 2. The molecule has 1 aromatic heterocycles. The van der Waals surface area contributed by atoms with Gasteiger partial charge in [0.2, 0.25) is 0 Å². The second-order valence-electron chi connectivity index (χ2n) is 1.82. The van der Waals surface area contributed by atoms with Crippen LogP contribution < -0.4 is 0 Å². The Kier molecular flexibility index (Phi) is 2.41. The quantitative estimate of drug-likeness (QED) is 0.363. The molecule has 0 N–H and O–H groups in total. The van der Waals surface area contributed by atoms with Crippen LogP contribution in [-0.4, -0.2) is 4.98 Å². The molecule has 0 aromatic carbocycles. The molecule has 0 fully saturated rings. The van der Waals surface area contributed by atoms with E-state index < -0.39 is 5.82 Å². The number of hydrogen-bond acceptors (Lipinski definition) is 2.